The van der Waals surface area contributed by atoms with Gasteiger partial charge < -0.3 is 35.6 Å². The third kappa shape index (κ3) is 6.87. The summed E-state index contributed by atoms with van der Waals surface area (Å²) in [5, 5.41) is 51.2. The molecule has 15 nitrogen and oxygen atoms in total. The van der Waals surface area contributed by atoms with Gasteiger partial charge >= 0.3 is 6.03 Å². The van der Waals surface area contributed by atoms with E-state index in [-0.39, 0.29) is 6.54 Å². The highest BCUT2D eigenvalue weighted by molar-refractivity contribution is 6.30. The van der Waals surface area contributed by atoms with Crippen LogP contribution in [0.4, 0.5) is 21.9 Å². The van der Waals surface area contributed by atoms with Crippen LogP contribution in [0.15, 0.2) is 42.5 Å². The van der Waals surface area contributed by atoms with Crippen LogP contribution in [-0.4, -0.2) is 76.3 Å². The maximum Gasteiger partial charge on any atom is 0.319 e. The molecular formula is C21H22ClN5O10. The molecule has 1 aliphatic rings. The van der Waals surface area contributed by atoms with Crippen LogP contribution in [0.5, 0.6) is 0 Å². The van der Waals surface area contributed by atoms with Gasteiger partial charge in [-0.15, -0.1) is 0 Å². The molecule has 198 valence electrons. The number of benzene rings is 2. The summed E-state index contributed by atoms with van der Waals surface area (Å²) in [5.74, 6) is -1.02. The number of non-ortho nitro benzene ring substituents is 2. The van der Waals surface area contributed by atoms with Crippen molar-refractivity contribution in [3.05, 3.63) is 73.3 Å². The van der Waals surface area contributed by atoms with Crippen LogP contribution in [0, 0.1) is 20.2 Å². The number of nitro benzene ring substituents is 2. The molecule has 0 bridgehead atoms. The highest BCUT2D eigenvalue weighted by atomic mass is 35.5. The lowest BCUT2D eigenvalue weighted by Gasteiger charge is -2.42. The van der Waals surface area contributed by atoms with Crippen molar-refractivity contribution < 1.29 is 39.1 Å². The van der Waals surface area contributed by atoms with Crippen LogP contribution in [0.1, 0.15) is 10.4 Å². The van der Waals surface area contributed by atoms with E-state index in [0.717, 1.165) is 12.1 Å². The van der Waals surface area contributed by atoms with Crippen LogP contribution in [-0.2, 0) is 9.47 Å². The van der Waals surface area contributed by atoms with Crippen molar-refractivity contribution in [2.45, 2.75) is 30.6 Å². The van der Waals surface area contributed by atoms with E-state index >= 15 is 0 Å². The predicted octanol–water partition coefficient (Wildman–Crippen LogP) is 1.17. The number of methoxy groups -OCH3 is 1. The molecule has 5 atom stereocenters. The molecule has 0 aliphatic carbocycles. The monoisotopic (exact) mass is 539 g/mol. The van der Waals surface area contributed by atoms with Gasteiger partial charge in [-0.1, -0.05) is 11.6 Å². The van der Waals surface area contributed by atoms with Crippen LogP contribution in [0.25, 0.3) is 0 Å². The number of urea groups is 1. The number of amides is 3. The standard InChI is InChI=1S/C21H22ClN5O10/c1-36-20-16(25-19(30)10-6-13(26(32)33)8-14(7-10)27(34)35)18(29)17(28)15(37-20)9-23-21(31)24-12-4-2-11(22)3-5-12/h2-8,15-18,20,28-29H,9H2,1H3,(H,25,30)(H2,23,24,31)/t15-,16+,17-,18-,20+/m1/s1. The first-order valence-electron chi connectivity index (χ1n) is 10.6. The van der Waals surface area contributed by atoms with E-state index in [1.807, 2.05) is 0 Å². The molecule has 0 spiro atoms. The van der Waals surface area contributed by atoms with Crippen molar-refractivity contribution in [3.8, 4) is 0 Å². The Morgan fingerprint density at radius 2 is 1.65 bits per heavy atom. The summed E-state index contributed by atoms with van der Waals surface area (Å²) in [7, 11) is 1.20. The molecule has 0 radical (unpaired) electrons. The smallest absolute Gasteiger partial charge is 0.319 e. The van der Waals surface area contributed by atoms with Gasteiger partial charge in [-0.3, -0.25) is 25.0 Å². The van der Waals surface area contributed by atoms with Crippen LogP contribution in [0.3, 0.4) is 0 Å². The molecule has 0 saturated carbocycles. The number of hydrogen-bond acceptors (Lipinski definition) is 10. The number of carbonyl (C=O) groups is 2. The van der Waals surface area contributed by atoms with Gasteiger partial charge in [0.2, 0.25) is 0 Å². The van der Waals surface area contributed by atoms with Gasteiger partial charge in [0, 0.05) is 36.5 Å². The van der Waals surface area contributed by atoms with Crippen molar-refractivity contribution in [1.29, 1.82) is 0 Å². The van der Waals surface area contributed by atoms with E-state index in [0.29, 0.717) is 16.8 Å². The lowest BCUT2D eigenvalue weighted by atomic mass is 9.96. The van der Waals surface area contributed by atoms with Crippen molar-refractivity contribution in [1.82, 2.24) is 10.6 Å². The van der Waals surface area contributed by atoms with Crippen molar-refractivity contribution in [3.63, 3.8) is 0 Å². The summed E-state index contributed by atoms with van der Waals surface area (Å²) < 4.78 is 10.7. The normalized spacial score (nSPS) is 23.1. The number of aliphatic hydroxyl groups excluding tert-OH is 2. The molecule has 1 saturated heterocycles. The Hall–Kier alpha value is -3.89. The summed E-state index contributed by atoms with van der Waals surface area (Å²) >= 11 is 5.80. The van der Waals surface area contributed by atoms with Gasteiger partial charge in [-0.2, -0.15) is 0 Å². The highest BCUT2D eigenvalue weighted by Crippen LogP contribution is 2.25. The molecule has 5 N–H and O–H groups in total. The maximum absolute atomic E-state index is 12.7. The zero-order chi connectivity index (χ0) is 27.3. The zero-order valence-electron chi connectivity index (χ0n) is 19.1. The second-order valence-corrected chi connectivity index (χ2v) is 8.29. The minimum absolute atomic E-state index is 0.255. The first kappa shape index (κ1) is 27.7. The maximum atomic E-state index is 12.7. The summed E-state index contributed by atoms with van der Waals surface area (Å²) in [6.45, 7) is -0.255. The Morgan fingerprint density at radius 3 is 2.19 bits per heavy atom. The number of anilines is 1. The lowest BCUT2D eigenvalue weighted by Crippen LogP contribution is -2.65. The number of ether oxygens (including phenoxy) is 2. The van der Waals surface area contributed by atoms with E-state index in [4.69, 9.17) is 21.1 Å². The van der Waals surface area contributed by atoms with Crippen molar-refractivity contribution >= 4 is 40.6 Å². The lowest BCUT2D eigenvalue weighted by molar-refractivity contribution is -0.394. The van der Waals surface area contributed by atoms with Crippen molar-refractivity contribution in [2.24, 2.45) is 0 Å². The van der Waals surface area contributed by atoms with E-state index < -0.39 is 69.4 Å². The number of aliphatic hydroxyl groups is 2. The Labute approximate surface area is 213 Å². The van der Waals surface area contributed by atoms with Gasteiger partial charge in [-0.05, 0) is 24.3 Å². The largest absolute Gasteiger partial charge is 0.388 e. The number of carbonyl (C=O) groups excluding carboxylic acids is 2. The minimum atomic E-state index is -1.66. The Kier molecular flexibility index (Phi) is 8.90. The Balaban J connectivity index is 1.66. The second kappa shape index (κ2) is 11.9. The third-order valence-electron chi connectivity index (χ3n) is 5.38. The van der Waals surface area contributed by atoms with E-state index in [2.05, 4.69) is 16.0 Å². The van der Waals surface area contributed by atoms with Gasteiger partial charge in [0.25, 0.3) is 17.3 Å². The number of nitro groups is 2. The zero-order valence-corrected chi connectivity index (χ0v) is 19.8. The number of hydrogen-bond donors (Lipinski definition) is 5. The molecule has 2 aromatic rings. The first-order chi connectivity index (χ1) is 17.5. The SMILES string of the molecule is CO[C@H]1O[C@H](CNC(=O)Nc2ccc(Cl)cc2)[C@@H](O)[C@H](O)[C@@H]1NC(=O)c1cc([N+](=O)[O-])cc([N+](=O)[O-])c1. The molecule has 1 fully saturated rings. The Bertz CT molecular complexity index is 1150. The van der Waals surface area contributed by atoms with Crippen molar-refractivity contribution in [2.75, 3.05) is 19.0 Å². The van der Waals surface area contributed by atoms with Crippen LogP contribution >= 0.6 is 11.6 Å². The van der Waals surface area contributed by atoms with Gasteiger partial charge in [0.1, 0.15) is 24.4 Å². The molecule has 0 unspecified atom stereocenters. The van der Waals surface area contributed by atoms with Crippen LogP contribution in [0.2, 0.25) is 5.02 Å². The first-order valence-corrected chi connectivity index (χ1v) is 11.0. The summed E-state index contributed by atoms with van der Waals surface area (Å²) in [4.78, 5) is 45.3. The highest BCUT2D eigenvalue weighted by Gasteiger charge is 2.45. The third-order valence-corrected chi connectivity index (χ3v) is 5.64. The number of halogens is 1. The summed E-state index contributed by atoms with van der Waals surface area (Å²) in [5.41, 5.74) is -1.36. The van der Waals surface area contributed by atoms with E-state index in [1.54, 1.807) is 24.3 Å². The molecule has 1 heterocycles. The molecule has 37 heavy (non-hydrogen) atoms. The van der Waals surface area contributed by atoms with Crippen LogP contribution < -0.4 is 16.0 Å². The second-order valence-electron chi connectivity index (χ2n) is 7.85. The van der Waals surface area contributed by atoms with E-state index in [1.165, 1.54) is 7.11 Å². The fourth-order valence-electron chi connectivity index (χ4n) is 3.53. The molecule has 2 aromatic carbocycles. The molecule has 0 aromatic heterocycles. The number of nitrogens with one attached hydrogen (secondary N) is 3. The molecule has 3 rings (SSSR count). The predicted molar refractivity (Wildman–Crippen MR) is 127 cm³/mol. The van der Waals surface area contributed by atoms with Gasteiger partial charge in [-0.25, -0.2) is 4.79 Å². The quantitative estimate of drug-likeness (QED) is 0.238. The van der Waals surface area contributed by atoms with E-state index in [9.17, 15) is 40.0 Å². The summed E-state index contributed by atoms with van der Waals surface area (Å²) in [6, 6.07) is 6.62. The molecule has 16 heteroatoms. The topological polar surface area (TPSA) is 215 Å². The average molecular weight is 540 g/mol. The average Bonchev–Trinajstić information content (AvgIpc) is 2.87. The minimum Gasteiger partial charge on any atom is -0.388 e. The molecular weight excluding hydrogens is 518 g/mol. The summed E-state index contributed by atoms with van der Waals surface area (Å²) in [6.07, 6.45) is -5.74. The van der Waals surface area contributed by atoms with Gasteiger partial charge in [0.05, 0.1) is 21.5 Å². The fourth-order valence-corrected chi connectivity index (χ4v) is 3.65. The fraction of sp³-hybridized carbons (Fsp3) is 0.333. The van der Waals surface area contributed by atoms with Gasteiger partial charge in [0.15, 0.2) is 6.29 Å². The number of rotatable bonds is 8. The number of nitrogens with zero attached hydrogens (tertiary/aromatic N) is 2. The Morgan fingerprint density at radius 1 is 1.05 bits per heavy atom. The molecule has 3 amide bonds. The molecule has 1 aliphatic heterocycles.